The number of hydrazine groups is 1. The molecule has 1 amide bonds. The lowest BCUT2D eigenvalue weighted by Gasteiger charge is -2.12. The summed E-state index contributed by atoms with van der Waals surface area (Å²) in [6.07, 6.45) is 0.760. The molecule has 0 bridgehead atoms. The minimum absolute atomic E-state index is 0.0397. The summed E-state index contributed by atoms with van der Waals surface area (Å²) in [5, 5.41) is 2.83. The van der Waals surface area contributed by atoms with Crippen molar-refractivity contribution in [2.75, 3.05) is 12.0 Å². The predicted molar refractivity (Wildman–Crippen MR) is 78.9 cm³/mol. The zero-order valence-corrected chi connectivity index (χ0v) is 11.4. The number of para-hydroxylation sites is 1. The summed E-state index contributed by atoms with van der Waals surface area (Å²) in [5.74, 6) is 6.38. The van der Waals surface area contributed by atoms with E-state index < -0.39 is 0 Å². The van der Waals surface area contributed by atoms with Gasteiger partial charge < -0.3 is 15.5 Å². The quantitative estimate of drug-likeness (QED) is 0.578. The first kappa shape index (κ1) is 13.4. The van der Waals surface area contributed by atoms with Gasteiger partial charge in [-0.1, -0.05) is 24.3 Å². The lowest BCUT2D eigenvalue weighted by molar-refractivity contribution is 0.0928. The minimum atomic E-state index is -0.244. The van der Waals surface area contributed by atoms with Crippen molar-refractivity contribution >= 4 is 11.7 Å². The van der Waals surface area contributed by atoms with Gasteiger partial charge in [-0.2, -0.15) is 0 Å². The Bertz CT molecular complexity index is 635. The highest BCUT2D eigenvalue weighted by atomic mass is 16.5. The summed E-state index contributed by atoms with van der Waals surface area (Å²) >= 11 is 0. The molecule has 6 heteroatoms. The van der Waals surface area contributed by atoms with E-state index in [1.54, 1.807) is 18.2 Å². The van der Waals surface area contributed by atoms with Crippen molar-refractivity contribution in [2.45, 2.75) is 12.5 Å². The van der Waals surface area contributed by atoms with Crippen LogP contribution in [0.15, 0.2) is 42.5 Å². The van der Waals surface area contributed by atoms with Crippen LogP contribution in [-0.2, 0) is 6.42 Å². The fraction of sp³-hybridized carbons (Fsp3) is 0.200. The maximum absolute atomic E-state index is 12.0. The van der Waals surface area contributed by atoms with E-state index in [1.165, 1.54) is 5.56 Å². The van der Waals surface area contributed by atoms with Crippen LogP contribution in [-0.4, -0.2) is 23.5 Å². The zero-order valence-electron chi connectivity index (χ0n) is 11.4. The van der Waals surface area contributed by atoms with Gasteiger partial charge in [-0.05, 0) is 23.8 Å². The van der Waals surface area contributed by atoms with Crippen LogP contribution < -0.4 is 21.3 Å². The normalized spacial score (nSPS) is 16.0. The summed E-state index contributed by atoms with van der Waals surface area (Å²) in [6.45, 7) is 0.440. The number of carbonyl (C=O) groups is 1. The van der Waals surface area contributed by atoms with Crippen molar-refractivity contribution in [3.63, 3.8) is 0 Å². The van der Waals surface area contributed by atoms with Crippen LogP contribution in [0.2, 0.25) is 0 Å². The number of nitrogens with one attached hydrogen (secondary N) is 2. The Balaban J connectivity index is 1.57. The molecule has 0 aliphatic carbocycles. The molecule has 0 saturated carbocycles. The van der Waals surface area contributed by atoms with Crippen LogP contribution in [0.5, 0.6) is 5.75 Å². The number of nitrogens with two attached hydrogens (primary N) is 1. The molecule has 0 fully saturated rings. The van der Waals surface area contributed by atoms with Crippen LogP contribution in [0, 0.1) is 0 Å². The molecule has 2 aromatic rings. The van der Waals surface area contributed by atoms with Gasteiger partial charge in [0.15, 0.2) is 0 Å². The Morgan fingerprint density at radius 1 is 1.29 bits per heavy atom. The number of benzene rings is 1. The van der Waals surface area contributed by atoms with Crippen LogP contribution in [0.25, 0.3) is 0 Å². The second-order valence-electron chi connectivity index (χ2n) is 4.81. The second-order valence-corrected chi connectivity index (χ2v) is 4.81. The number of pyridine rings is 1. The molecular weight excluding hydrogens is 268 g/mol. The molecule has 1 atom stereocenters. The Morgan fingerprint density at radius 2 is 2.14 bits per heavy atom. The smallest absolute Gasteiger partial charge is 0.270 e. The summed E-state index contributed by atoms with van der Waals surface area (Å²) in [4.78, 5) is 16.1. The van der Waals surface area contributed by atoms with E-state index in [0.717, 1.165) is 12.2 Å². The molecule has 0 radical (unpaired) electrons. The number of amides is 1. The lowest BCUT2D eigenvalue weighted by atomic mass is 10.1. The van der Waals surface area contributed by atoms with Gasteiger partial charge in [0.2, 0.25) is 0 Å². The van der Waals surface area contributed by atoms with E-state index in [4.69, 9.17) is 10.6 Å². The van der Waals surface area contributed by atoms with E-state index in [-0.39, 0.29) is 12.0 Å². The van der Waals surface area contributed by atoms with Crippen LogP contribution in [0.3, 0.4) is 0 Å². The first-order chi connectivity index (χ1) is 10.3. The monoisotopic (exact) mass is 284 g/mol. The number of nitrogens with zero attached hydrogens (tertiary/aromatic N) is 1. The fourth-order valence-electron chi connectivity index (χ4n) is 2.31. The fourth-order valence-corrected chi connectivity index (χ4v) is 2.31. The van der Waals surface area contributed by atoms with Crippen molar-refractivity contribution in [1.29, 1.82) is 0 Å². The van der Waals surface area contributed by atoms with Gasteiger partial charge in [0.25, 0.3) is 5.91 Å². The number of rotatable bonds is 4. The number of ether oxygens (including phenoxy) is 1. The highest BCUT2D eigenvalue weighted by Gasteiger charge is 2.22. The molecule has 1 aromatic carbocycles. The first-order valence-corrected chi connectivity index (χ1v) is 6.72. The zero-order chi connectivity index (χ0) is 14.7. The third-order valence-corrected chi connectivity index (χ3v) is 3.33. The molecule has 0 spiro atoms. The van der Waals surface area contributed by atoms with Gasteiger partial charge in [-0.25, -0.2) is 10.8 Å². The molecule has 1 aliphatic heterocycles. The molecule has 4 N–H and O–H groups in total. The number of fused-ring (bicyclic) bond motifs is 1. The molecule has 3 rings (SSSR count). The topological polar surface area (TPSA) is 89.3 Å². The standard InChI is InChI=1S/C15H16N4O2/c16-19-14-7-3-5-12(18-14)15(20)17-9-11-8-10-4-1-2-6-13(10)21-11/h1-7,11H,8-9,16H2,(H,17,20)(H,18,19). The molecule has 1 aromatic heterocycles. The minimum Gasteiger partial charge on any atom is -0.488 e. The van der Waals surface area contributed by atoms with Gasteiger partial charge in [-0.15, -0.1) is 0 Å². The van der Waals surface area contributed by atoms with Gasteiger partial charge in [0, 0.05) is 6.42 Å². The Labute approximate surface area is 122 Å². The summed E-state index contributed by atoms with van der Waals surface area (Å²) < 4.78 is 5.77. The Morgan fingerprint density at radius 3 is 2.95 bits per heavy atom. The number of carbonyl (C=O) groups excluding carboxylic acids is 1. The SMILES string of the molecule is NNc1cccc(C(=O)NCC2Cc3ccccc3O2)n1. The van der Waals surface area contributed by atoms with Crippen molar-refractivity contribution in [2.24, 2.45) is 5.84 Å². The van der Waals surface area contributed by atoms with Crippen molar-refractivity contribution in [3.05, 3.63) is 53.7 Å². The maximum atomic E-state index is 12.0. The highest BCUT2D eigenvalue weighted by molar-refractivity contribution is 5.92. The Kier molecular flexibility index (Phi) is 3.70. The van der Waals surface area contributed by atoms with Crippen LogP contribution >= 0.6 is 0 Å². The largest absolute Gasteiger partial charge is 0.488 e. The van der Waals surface area contributed by atoms with E-state index in [0.29, 0.717) is 18.1 Å². The molecule has 108 valence electrons. The third kappa shape index (κ3) is 2.95. The lowest BCUT2D eigenvalue weighted by Crippen LogP contribution is -2.34. The van der Waals surface area contributed by atoms with Gasteiger partial charge in [0.05, 0.1) is 6.54 Å². The van der Waals surface area contributed by atoms with Crippen LogP contribution in [0.1, 0.15) is 16.1 Å². The van der Waals surface area contributed by atoms with Crippen molar-refractivity contribution < 1.29 is 9.53 Å². The van der Waals surface area contributed by atoms with E-state index >= 15 is 0 Å². The predicted octanol–water partition coefficient (Wildman–Crippen LogP) is 1.10. The average Bonchev–Trinajstić information content (AvgIpc) is 2.95. The van der Waals surface area contributed by atoms with Gasteiger partial charge in [-0.3, -0.25) is 4.79 Å². The summed E-state index contributed by atoms with van der Waals surface area (Å²) in [5.41, 5.74) is 3.91. The van der Waals surface area contributed by atoms with Gasteiger partial charge in [0.1, 0.15) is 23.4 Å². The number of aromatic nitrogens is 1. The van der Waals surface area contributed by atoms with Crippen molar-refractivity contribution in [3.8, 4) is 5.75 Å². The number of hydrogen-bond donors (Lipinski definition) is 3. The maximum Gasteiger partial charge on any atom is 0.270 e. The number of anilines is 1. The van der Waals surface area contributed by atoms with E-state index in [2.05, 4.69) is 15.7 Å². The highest BCUT2D eigenvalue weighted by Crippen LogP contribution is 2.27. The molecule has 6 nitrogen and oxygen atoms in total. The number of hydrogen-bond acceptors (Lipinski definition) is 5. The third-order valence-electron chi connectivity index (χ3n) is 3.33. The first-order valence-electron chi connectivity index (χ1n) is 6.72. The van der Waals surface area contributed by atoms with Crippen LogP contribution in [0.4, 0.5) is 5.82 Å². The van der Waals surface area contributed by atoms with Crippen molar-refractivity contribution in [1.82, 2.24) is 10.3 Å². The van der Waals surface area contributed by atoms with E-state index in [1.807, 2.05) is 24.3 Å². The number of nitrogen functional groups attached to an aromatic ring is 1. The summed E-state index contributed by atoms with van der Waals surface area (Å²) in [7, 11) is 0. The molecule has 1 unspecified atom stereocenters. The second kappa shape index (κ2) is 5.80. The molecular formula is C15H16N4O2. The molecule has 21 heavy (non-hydrogen) atoms. The Hall–Kier alpha value is -2.60. The summed E-state index contributed by atoms with van der Waals surface area (Å²) in [6, 6.07) is 12.9. The average molecular weight is 284 g/mol. The molecule has 1 aliphatic rings. The molecule has 0 saturated heterocycles. The van der Waals surface area contributed by atoms with Gasteiger partial charge >= 0.3 is 0 Å². The van der Waals surface area contributed by atoms with E-state index in [9.17, 15) is 4.79 Å². The molecule has 2 heterocycles.